The van der Waals surface area contributed by atoms with Gasteiger partial charge in [-0.15, -0.1) is 5.10 Å². The van der Waals surface area contributed by atoms with E-state index in [9.17, 15) is 4.79 Å². The van der Waals surface area contributed by atoms with E-state index in [-0.39, 0.29) is 5.91 Å². The first-order valence-corrected chi connectivity index (χ1v) is 8.37. The minimum atomic E-state index is -0.0561. The maximum Gasteiger partial charge on any atom is 0.236 e. The second-order valence-electron chi connectivity index (χ2n) is 5.20. The number of nitrogens with one attached hydrogen (secondary N) is 1. The van der Waals surface area contributed by atoms with Gasteiger partial charge in [0, 0.05) is 10.6 Å². The number of amidine groups is 1. The van der Waals surface area contributed by atoms with Gasteiger partial charge < -0.3 is 10.1 Å². The zero-order valence-corrected chi connectivity index (χ0v) is 14.1. The molecular formula is C15H18ClN3O2S. The maximum absolute atomic E-state index is 11.1. The van der Waals surface area contributed by atoms with Gasteiger partial charge in [0.15, 0.2) is 5.17 Å². The fraction of sp³-hybridized carbons (Fsp3) is 0.400. The third-order valence-corrected chi connectivity index (χ3v) is 3.96. The van der Waals surface area contributed by atoms with E-state index >= 15 is 0 Å². The van der Waals surface area contributed by atoms with Crippen molar-refractivity contribution < 1.29 is 9.53 Å². The molecule has 0 spiro atoms. The highest BCUT2D eigenvalue weighted by atomic mass is 35.5. The molecule has 0 saturated carbocycles. The fourth-order valence-electron chi connectivity index (χ4n) is 1.68. The highest BCUT2D eigenvalue weighted by molar-refractivity contribution is 8.15. The molecule has 1 saturated heterocycles. The van der Waals surface area contributed by atoms with E-state index in [0.29, 0.717) is 28.5 Å². The highest BCUT2D eigenvalue weighted by Crippen LogP contribution is 2.22. The third-order valence-electron chi connectivity index (χ3n) is 2.86. The summed E-state index contributed by atoms with van der Waals surface area (Å²) in [6.07, 6.45) is 2.55. The Balaban J connectivity index is 2.04. The van der Waals surface area contributed by atoms with Gasteiger partial charge in [-0.3, -0.25) is 4.79 Å². The van der Waals surface area contributed by atoms with E-state index < -0.39 is 0 Å². The zero-order chi connectivity index (χ0) is 15.9. The summed E-state index contributed by atoms with van der Waals surface area (Å²) in [6.45, 7) is 4.94. The fourth-order valence-corrected chi connectivity index (χ4v) is 2.49. The molecule has 0 radical (unpaired) electrons. The summed E-state index contributed by atoms with van der Waals surface area (Å²) in [5, 5.41) is 11.7. The van der Waals surface area contributed by atoms with Crippen LogP contribution in [0.3, 0.4) is 0 Å². The number of rotatable bonds is 6. The first-order valence-electron chi connectivity index (χ1n) is 7.00. The first-order chi connectivity index (χ1) is 10.5. The van der Waals surface area contributed by atoms with E-state index in [0.717, 1.165) is 17.7 Å². The Morgan fingerprint density at radius 2 is 2.32 bits per heavy atom. The predicted octanol–water partition coefficient (Wildman–Crippen LogP) is 3.32. The van der Waals surface area contributed by atoms with Crippen molar-refractivity contribution in [2.24, 2.45) is 16.1 Å². The molecule has 7 heteroatoms. The lowest BCUT2D eigenvalue weighted by molar-refractivity contribution is -0.116. The normalized spacial score (nSPS) is 16.7. The average molecular weight is 340 g/mol. The van der Waals surface area contributed by atoms with Crippen LogP contribution in [0.4, 0.5) is 0 Å². The van der Waals surface area contributed by atoms with Crippen LogP contribution in [-0.4, -0.2) is 29.6 Å². The van der Waals surface area contributed by atoms with E-state index in [1.54, 1.807) is 18.3 Å². The van der Waals surface area contributed by atoms with Gasteiger partial charge in [-0.1, -0.05) is 37.2 Å². The minimum Gasteiger partial charge on any atom is -0.493 e. The van der Waals surface area contributed by atoms with Crippen LogP contribution < -0.4 is 10.1 Å². The van der Waals surface area contributed by atoms with Crippen LogP contribution in [0.15, 0.2) is 28.4 Å². The lowest BCUT2D eigenvalue weighted by Gasteiger charge is -2.10. The molecular weight excluding hydrogens is 322 g/mol. The molecule has 0 bridgehead atoms. The minimum absolute atomic E-state index is 0.0561. The Hall–Kier alpha value is -1.53. The van der Waals surface area contributed by atoms with Crippen molar-refractivity contribution in [3.8, 4) is 5.75 Å². The van der Waals surface area contributed by atoms with E-state index in [4.69, 9.17) is 16.3 Å². The molecule has 1 aliphatic heterocycles. The molecule has 0 atom stereocenters. The SMILES string of the molecule is CC(C)CCOc1ccc(Cl)cc1C=NN=C1NC(=O)CS1. The summed E-state index contributed by atoms with van der Waals surface area (Å²) in [5.74, 6) is 1.63. The number of ether oxygens (including phenoxy) is 1. The number of hydrogen-bond donors (Lipinski definition) is 1. The quantitative estimate of drug-likeness (QED) is 0.638. The molecule has 5 nitrogen and oxygen atoms in total. The second-order valence-corrected chi connectivity index (χ2v) is 6.60. The van der Waals surface area contributed by atoms with Crippen LogP contribution in [0.2, 0.25) is 5.02 Å². The average Bonchev–Trinajstić information content (AvgIpc) is 2.86. The number of amides is 1. The molecule has 1 heterocycles. The second kappa shape index (κ2) is 8.19. The molecule has 0 unspecified atom stereocenters. The third kappa shape index (κ3) is 5.35. The summed E-state index contributed by atoms with van der Waals surface area (Å²) < 4.78 is 5.77. The number of nitrogens with zero attached hydrogens (tertiary/aromatic N) is 2. The van der Waals surface area contributed by atoms with Gasteiger partial charge in [-0.05, 0) is 30.5 Å². The Labute approximate surface area is 139 Å². The van der Waals surface area contributed by atoms with Crippen molar-refractivity contribution in [1.29, 1.82) is 0 Å². The summed E-state index contributed by atoms with van der Waals surface area (Å²) >= 11 is 7.34. The van der Waals surface area contributed by atoms with Crippen LogP contribution in [0, 0.1) is 5.92 Å². The van der Waals surface area contributed by atoms with Gasteiger partial charge in [0.05, 0.1) is 18.6 Å². The van der Waals surface area contributed by atoms with E-state index in [1.807, 2.05) is 6.07 Å². The molecule has 1 aromatic carbocycles. The van der Waals surface area contributed by atoms with Crippen molar-refractivity contribution in [1.82, 2.24) is 5.32 Å². The molecule has 1 amide bonds. The molecule has 2 rings (SSSR count). The van der Waals surface area contributed by atoms with Crippen molar-refractivity contribution >= 4 is 40.7 Å². The number of benzene rings is 1. The molecule has 22 heavy (non-hydrogen) atoms. The monoisotopic (exact) mass is 339 g/mol. The standard InChI is InChI=1S/C15H18ClN3O2S/c1-10(2)5-6-21-13-4-3-12(16)7-11(13)8-17-19-15-18-14(20)9-22-15/h3-4,7-8,10H,5-6,9H2,1-2H3,(H,18,19,20). The molecule has 0 aromatic heterocycles. The Bertz CT molecular complexity index is 602. The number of hydrogen-bond acceptors (Lipinski definition) is 5. The van der Waals surface area contributed by atoms with Gasteiger partial charge in [-0.25, -0.2) is 0 Å². The number of halogens is 1. The van der Waals surface area contributed by atoms with Gasteiger partial charge in [-0.2, -0.15) is 5.10 Å². The van der Waals surface area contributed by atoms with Gasteiger partial charge in [0.1, 0.15) is 5.75 Å². The topological polar surface area (TPSA) is 63.1 Å². The highest BCUT2D eigenvalue weighted by Gasteiger charge is 2.16. The van der Waals surface area contributed by atoms with Gasteiger partial charge >= 0.3 is 0 Å². The van der Waals surface area contributed by atoms with Crippen molar-refractivity contribution in [2.45, 2.75) is 20.3 Å². The van der Waals surface area contributed by atoms with Gasteiger partial charge in [0.2, 0.25) is 5.91 Å². The van der Waals surface area contributed by atoms with Crippen LogP contribution in [0.5, 0.6) is 5.75 Å². The molecule has 1 aromatic rings. The lowest BCUT2D eigenvalue weighted by Crippen LogP contribution is -2.19. The summed E-state index contributed by atoms with van der Waals surface area (Å²) in [7, 11) is 0. The smallest absolute Gasteiger partial charge is 0.236 e. The zero-order valence-electron chi connectivity index (χ0n) is 12.5. The molecule has 1 N–H and O–H groups in total. The van der Waals surface area contributed by atoms with Crippen LogP contribution in [0.1, 0.15) is 25.8 Å². The van der Waals surface area contributed by atoms with Gasteiger partial charge in [0.25, 0.3) is 0 Å². The molecule has 118 valence electrons. The largest absolute Gasteiger partial charge is 0.493 e. The Kier molecular flexibility index (Phi) is 6.27. The lowest BCUT2D eigenvalue weighted by atomic mass is 10.1. The van der Waals surface area contributed by atoms with Crippen molar-refractivity contribution in [3.63, 3.8) is 0 Å². The Morgan fingerprint density at radius 3 is 3.00 bits per heavy atom. The maximum atomic E-state index is 11.1. The van der Waals surface area contributed by atoms with Crippen molar-refractivity contribution in [2.75, 3.05) is 12.4 Å². The van der Waals surface area contributed by atoms with Crippen LogP contribution in [0.25, 0.3) is 0 Å². The van der Waals surface area contributed by atoms with E-state index in [1.165, 1.54) is 11.8 Å². The molecule has 1 fully saturated rings. The first kappa shape index (κ1) is 16.8. The Morgan fingerprint density at radius 1 is 1.50 bits per heavy atom. The molecule has 1 aliphatic rings. The van der Waals surface area contributed by atoms with E-state index in [2.05, 4.69) is 29.4 Å². The number of carbonyl (C=O) groups excluding carboxylic acids is 1. The predicted molar refractivity (Wildman–Crippen MR) is 92.0 cm³/mol. The summed E-state index contributed by atoms with van der Waals surface area (Å²) in [5.41, 5.74) is 0.759. The number of thioether (sulfide) groups is 1. The van der Waals surface area contributed by atoms with Crippen LogP contribution >= 0.6 is 23.4 Å². The summed E-state index contributed by atoms with van der Waals surface area (Å²) in [6, 6.07) is 5.38. The number of carbonyl (C=O) groups is 1. The molecule has 0 aliphatic carbocycles. The van der Waals surface area contributed by atoms with Crippen LogP contribution in [-0.2, 0) is 4.79 Å². The summed E-state index contributed by atoms with van der Waals surface area (Å²) in [4.78, 5) is 11.1. The van der Waals surface area contributed by atoms with Crippen molar-refractivity contribution in [3.05, 3.63) is 28.8 Å².